The molecule has 0 aromatic rings. The van der Waals surface area contributed by atoms with Crippen molar-refractivity contribution in [3.63, 3.8) is 0 Å². The van der Waals surface area contributed by atoms with Crippen LogP contribution in [0.4, 0.5) is 0 Å². The number of carbonyl (C=O) groups is 2. The van der Waals surface area contributed by atoms with E-state index in [4.69, 9.17) is 10.4 Å². The molecule has 0 N–H and O–H groups in total. The van der Waals surface area contributed by atoms with Crippen molar-refractivity contribution in [2.45, 2.75) is 38.5 Å². The van der Waals surface area contributed by atoms with Gasteiger partial charge in [-0.05, 0) is 18.4 Å². The lowest BCUT2D eigenvalue weighted by atomic mass is 10.2. The normalized spacial score (nSPS) is 15.2. The topological polar surface area (TPSA) is 95.4 Å². The van der Waals surface area contributed by atoms with Gasteiger partial charge in [0.1, 0.15) is 0 Å². The fraction of sp³-hybridized carbons (Fsp3) is 0.800. The second kappa shape index (κ2) is 7.65. The van der Waals surface area contributed by atoms with Crippen molar-refractivity contribution < 1.29 is 14.4 Å². The van der Waals surface area contributed by atoms with Gasteiger partial charge in [-0.2, -0.15) is 5.06 Å². The summed E-state index contributed by atoms with van der Waals surface area (Å²) in [7, 11) is 0. The number of hydroxylamine groups is 2. The van der Waals surface area contributed by atoms with Gasteiger partial charge in [0.25, 0.3) is 11.8 Å². The summed E-state index contributed by atoms with van der Waals surface area (Å²) in [6.07, 6.45) is 4.02. The summed E-state index contributed by atoms with van der Waals surface area (Å²) in [5.74, 6) is -0.503. The number of amides is 2. The van der Waals surface area contributed by atoms with E-state index in [1.807, 2.05) is 0 Å². The number of rotatable bonds is 8. The SMILES string of the molecule is [N-]=[N+]=NCCCCCCON1C(=O)CCC1=O. The Morgan fingerprint density at radius 3 is 2.47 bits per heavy atom. The predicted molar refractivity (Wildman–Crippen MR) is 59.5 cm³/mol. The van der Waals surface area contributed by atoms with Crippen LogP contribution < -0.4 is 0 Å². The van der Waals surface area contributed by atoms with Crippen LogP contribution >= 0.6 is 0 Å². The Morgan fingerprint density at radius 2 is 1.82 bits per heavy atom. The Balaban J connectivity index is 1.99. The third-order valence-electron chi connectivity index (χ3n) is 2.44. The number of unbranched alkanes of at least 4 members (excludes halogenated alkanes) is 3. The summed E-state index contributed by atoms with van der Waals surface area (Å²) in [4.78, 5) is 30.1. The number of hydrogen-bond acceptors (Lipinski definition) is 4. The summed E-state index contributed by atoms with van der Waals surface area (Å²) in [5, 5.41) is 4.30. The van der Waals surface area contributed by atoms with Crippen molar-refractivity contribution in [3.8, 4) is 0 Å². The van der Waals surface area contributed by atoms with Gasteiger partial charge in [0, 0.05) is 24.3 Å². The van der Waals surface area contributed by atoms with Gasteiger partial charge in [-0.1, -0.05) is 18.0 Å². The Labute approximate surface area is 99.3 Å². The number of nitrogens with zero attached hydrogens (tertiary/aromatic N) is 4. The van der Waals surface area contributed by atoms with Crippen molar-refractivity contribution in [2.75, 3.05) is 13.2 Å². The van der Waals surface area contributed by atoms with E-state index >= 15 is 0 Å². The first-order chi connectivity index (χ1) is 8.25. The molecule has 0 saturated carbocycles. The molecule has 1 heterocycles. The molecular weight excluding hydrogens is 224 g/mol. The third-order valence-corrected chi connectivity index (χ3v) is 2.44. The molecule has 0 aromatic carbocycles. The molecule has 0 bridgehead atoms. The Bertz CT molecular complexity index is 310. The molecule has 0 aliphatic carbocycles. The molecule has 2 amide bonds. The standard InChI is InChI=1S/C10H16N4O3/c11-13-12-7-3-1-2-4-8-17-14-9(15)5-6-10(14)16/h1-8H2. The lowest BCUT2D eigenvalue weighted by Gasteiger charge is -2.12. The smallest absolute Gasteiger partial charge is 0.253 e. The van der Waals surface area contributed by atoms with E-state index in [2.05, 4.69) is 10.0 Å². The first kappa shape index (κ1) is 13.5. The zero-order valence-corrected chi connectivity index (χ0v) is 9.67. The summed E-state index contributed by atoms with van der Waals surface area (Å²) in [6, 6.07) is 0. The van der Waals surface area contributed by atoms with Gasteiger partial charge in [0.15, 0.2) is 0 Å². The molecule has 1 aliphatic rings. The predicted octanol–water partition coefficient (Wildman–Crippen LogP) is 1.94. The molecule has 0 radical (unpaired) electrons. The molecule has 17 heavy (non-hydrogen) atoms. The molecular formula is C10H16N4O3. The fourth-order valence-electron chi connectivity index (χ4n) is 1.54. The van der Waals surface area contributed by atoms with E-state index in [1.165, 1.54) is 0 Å². The molecule has 94 valence electrons. The van der Waals surface area contributed by atoms with E-state index < -0.39 is 0 Å². The summed E-state index contributed by atoms with van der Waals surface area (Å²) in [6.45, 7) is 0.888. The van der Waals surface area contributed by atoms with Crippen LogP contribution in [0.15, 0.2) is 5.11 Å². The summed E-state index contributed by atoms with van der Waals surface area (Å²) >= 11 is 0. The van der Waals surface area contributed by atoms with Crippen LogP contribution in [0.3, 0.4) is 0 Å². The molecule has 7 nitrogen and oxygen atoms in total. The molecule has 1 saturated heterocycles. The van der Waals surface area contributed by atoms with E-state index in [0.29, 0.717) is 13.2 Å². The monoisotopic (exact) mass is 240 g/mol. The highest BCUT2D eigenvalue weighted by atomic mass is 16.7. The van der Waals surface area contributed by atoms with Crippen molar-refractivity contribution in [2.24, 2.45) is 5.11 Å². The average Bonchev–Trinajstić information content (AvgIpc) is 2.63. The Kier molecular flexibility index (Phi) is 6.06. The van der Waals surface area contributed by atoms with Gasteiger partial charge in [-0.15, -0.1) is 0 Å². The number of carbonyl (C=O) groups excluding carboxylic acids is 2. The van der Waals surface area contributed by atoms with E-state index in [1.54, 1.807) is 0 Å². The lowest BCUT2D eigenvalue weighted by molar-refractivity contribution is -0.187. The van der Waals surface area contributed by atoms with E-state index in [-0.39, 0.29) is 24.7 Å². The fourth-order valence-corrected chi connectivity index (χ4v) is 1.54. The number of hydrogen-bond donors (Lipinski definition) is 0. The molecule has 1 aliphatic heterocycles. The van der Waals surface area contributed by atoms with Crippen LogP contribution in [0.1, 0.15) is 38.5 Å². The van der Waals surface area contributed by atoms with E-state index in [0.717, 1.165) is 30.7 Å². The first-order valence-electron chi connectivity index (χ1n) is 5.75. The van der Waals surface area contributed by atoms with Gasteiger partial charge in [0.2, 0.25) is 0 Å². The third kappa shape index (κ3) is 4.84. The second-order valence-corrected chi connectivity index (χ2v) is 3.78. The maximum absolute atomic E-state index is 11.2. The highest BCUT2D eigenvalue weighted by Crippen LogP contribution is 2.12. The van der Waals surface area contributed by atoms with Crippen LogP contribution in [0.5, 0.6) is 0 Å². The second-order valence-electron chi connectivity index (χ2n) is 3.78. The maximum Gasteiger partial charge on any atom is 0.253 e. The molecule has 1 fully saturated rings. The average molecular weight is 240 g/mol. The zero-order chi connectivity index (χ0) is 12.5. The van der Waals surface area contributed by atoms with E-state index in [9.17, 15) is 9.59 Å². The van der Waals surface area contributed by atoms with Crippen molar-refractivity contribution >= 4 is 11.8 Å². The molecule has 7 heteroatoms. The highest BCUT2D eigenvalue weighted by molar-refractivity contribution is 6.00. The van der Waals surface area contributed by atoms with Crippen LogP contribution in [0.2, 0.25) is 0 Å². The maximum atomic E-state index is 11.2. The van der Waals surface area contributed by atoms with Crippen LogP contribution in [-0.4, -0.2) is 30.0 Å². The number of imide groups is 1. The summed E-state index contributed by atoms with van der Waals surface area (Å²) < 4.78 is 0. The lowest BCUT2D eigenvalue weighted by Crippen LogP contribution is -2.29. The van der Waals surface area contributed by atoms with Crippen molar-refractivity contribution in [1.29, 1.82) is 0 Å². The zero-order valence-electron chi connectivity index (χ0n) is 9.67. The largest absolute Gasteiger partial charge is 0.272 e. The minimum absolute atomic E-state index is 0.252. The first-order valence-corrected chi connectivity index (χ1v) is 5.75. The van der Waals surface area contributed by atoms with Gasteiger partial charge in [0.05, 0.1) is 6.61 Å². The van der Waals surface area contributed by atoms with Crippen LogP contribution in [-0.2, 0) is 14.4 Å². The van der Waals surface area contributed by atoms with Crippen molar-refractivity contribution in [3.05, 3.63) is 10.4 Å². The van der Waals surface area contributed by atoms with Crippen molar-refractivity contribution in [1.82, 2.24) is 5.06 Å². The molecule has 0 atom stereocenters. The minimum Gasteiger partial charge on any atom is -0.272 e. The minimum atomic E-state index is -0.252. The Morgan fingerprint density at radius 1 is 1.18 bits per heavy atom. The number of azide groups is 1. The highest BCUT2D eigenvalue weighted by Gasteiger charge is 2.29. The van der Waals surface area contributed by atoms with Gasteiger partial charge in [-0.25, -0.2) is 0 Å². The van der Waals surface area contributed by atoms with Gasteiger partial charge < -0.3 is 0 Å². The molecule has 1 rings (SSSR count). The van der Waals surface area contributed by atoms with Crippen LogP contribution in [0, 0.1) is 0 Å². The quantitative estimate of drug-likeness (QED) is 0.213. The van der Waals surface area contributed by atoms with Crippen LogP contribution in [0.25, 0.3) is 10.4 Å². The van der Waals surface area contributed by atoms with Gasteiger partial charge >= 0.3 is 0 Å². The Hall–Kier alpha value is -1.59. The molecule has 0 unspecified atom stereocenters. The molecule has 0 aromatic heterocycles. The molecule has 0 spiro atoms. The van der Waals surface area contributed by atoms with Gasteiger partial charge in [-0.3, -0.25) is 14.4 Å². The summed E-state index contributed by atoms with van der Waals surface area (Å²) in [5.41, 5.74) is 8.05.